The number of halogens is 1. The van der Waals surface area contributed by atoms with Crippen LogP contribution in [-0.4, -0.2) is 21.2 Å². The zero-order chi connectivity index (χ0) is 22.0. The Balaban J connectivity index is 1.57. The highest BCUT2D eigenvalue weighted by Crippen LogP contribution is 2.32. The van der Waals surface area contributed by atoms with Crippen LogP contribution in [0.25, 0.3) is 20.7 Å². The number of aromatic nitrogens is 2. The van der Waals surface area contributed by atoms with Crippen molar-refractivity contribution in [1.82, 2.24) is 9.55 Å². The number of benzene rings is 2. The number of fused-ring (bicyclic) bond motifs is 1. The first kappa shape index (κ1) is 21.6. The number of hydrogen-bond donors (Lipinski definition) is 1. The minimum absolute atomic E-state index is 0.0760. The summed E-state index contributed by atoms with van der Waals surface area (Å²) in [5, 5.41) is 3.98. The predicted octanol–water partition coefficient (Wildman–Crippen LogP) is 5.84. The molecular weight excluding hydrogens is 450 g/mol. The lowest BCUT2D eigenvalue weighted by Crippen LogP contribution is -2.22. The van der Waals surface area contributed by atoms with Gasteiger partial charge in [-0.15, -0.1) is 11.3 Å². The van der Waals surface area contributed by atoms with Crippen molar-refractivity contribution in [2.24, 2.45) is 0 Å². The fourth-order valence-corrected chi connectivity index (χ4v) is 5.22. The number of anilines is 1. The number of nitrogens with one attached hydrogen (secondary N) is 1. The minimum Gasteiger partial charge on any atom is -0.325 e. The molecule has 4 aromatic rings. The standard InChI is InChI=1S/C23H20ClN3O2S2/c1-3-27-22(29)21-18(12-19(31-21)15-7-5-4-6-8-15)26-23(27)30-13-20(28)25-16-10-9-14(2)17(24)11-16/h4-12H,3,13H2,1-2H3,(H,25,28). The third-order valence-corrected chi connectivity index (χ3v) is 7.31. The van der Waals surface area contributed by atoms with Crippen LogP contribution < -0.4 is 10.9 Å². The number of thioether (sulfide) groups is 1. The fourth-order valence-electron chi connectivity index (χ4n) is 3.12. The number of thiophene rings is 1. The number of rotatable bonds is 6. The molecule has 0 atom stereocenters. The monoisotopic (exact) mass is 469 g/mol. The van der Waals surface area contributed by atoms with E-state index in [1.54, 1.807) is 10.6 Å². The van der Waals surface area contributed by atoms with Gasteiger partial charge in [0, 0.05) is 22.1 Å². The second-order valence-corrected chi connectivity index (χ2v) is 9.34. The maximum atomic E-state index is 13.0. The summed E-state index contributed by atoms with van der Waals surface area (Å²) < 4.78 is 2.25. The van der Waals surface area contributed by atoms with Gasteiger partial charge in [-0.3, -0.25) is 14.2 Å². The summed E-state index contributed by atoms with van der Waals surface area (Å²) in [5.74, 6) is -0.0451. The molecule has 0 aliphatic carbocycles. The fraction of sp³-hybridized carbons (Fsp3) is 0.174. The van der Waals surface area contributed by atoms with Gasteiger partial charge >= 0.3 is 0 Å². The van der Waals surface area contributed by atoms with E-state index >= 15 is 0 Å². The molecule has 8 heteroatoms. The molecule has 2 heterocycles. The predicted molar refractivity (Wildman–Crippen MR) is 131 cm³/mol. The number of hydrogen-bond acceptors (Lipinski definition) is 5. The molecule has 0 unspecified atom stereocenters. The first-order valence-electron chi connectivity index (χ1n) is 9.75. The van der Waals surface area contributed by atoms with Crippen molar-refractivity contribution in [1.29, 1.82) is 0 Å². The highest BCUT2D eigenvalue weighted by molar-refractivity contribution is 7.99. The van der Waals surface area contributed by atoms with Crippen LogP contribution in [0.4, 0.5) is 5.69 Å². The number of carbonyl (C=O) groups is 1. The van der Waals surface area contributed by atoms with Crippen molar-refractivity contribution in [3.63, 3.8) is 0 Å². The minimum atomic E-state index is -0.183. The van der Waals surface area contributed by atoms with E-state index in [0.717, 1.165) is 16.0 Å². The van der Waals surface area contributed by atoms with Crippen LogP contribution in [0.3, 0.4) is 0 Å². The summed E-state index contributed by atoms with van der Waals surface area (Å²) in [5.41, 5.74) is 3.23. The van der Waals surface area contributed by atoms with Crippen molar-refractivity contribution in [2.75, 3.05) is 11.1 Å². The Morgan fingerprint density at radius 1 is 1.19 bits per heavy atom. The SMILES string of the molecule is CCn1c(SCC(=O)Nc2ccc(C)c(Cl)c2)nc2cc(-c3ccccc3)sc2c1=O. The van der Waals surface area contributed by atoms with Crippen molar-refractivity contribution in [2.45, 2.75) is 25.5 Å². The zero-order valence-corrected chi connectivity index (χ0v) is 19.4. The van der Waals surface area contributed by atoms with Crippen LogP contribution in [0.1, 0.15) is 12.5 Å². The molecule has 2 aromatic carbocycles. The maximum absolute atomic E-state index is 13.0. The molecular formula is C23H20ClN3O2S2. The largest absolute Gasteiger partial charge is 0.325 e. The van der Waals surface area contributed by atoms with Crippen LogP contribution in [-0.2, 0) is 11.3 Å². The molecule has 0 aliphatic heterocycles. The number of aryl methyl sites for hydroxylation is 1. The average Bonchev–Trinajstić information content (AvgIpc) is 3.20. The lowest BCUT2D eigenvalue weighted by atomic mass is 10.2. The Morgan fingerprint density at radius 3 is 2.68 bits per heavy atom. The normalized spacial score (nSPS) is 11.1. The molecule has 0 saturated carbocycles. The van der Waals surface area contributed by atoms with Crippen LogP contribution in [0.2, 0.25) is 5.02 Å². The first-order chi connectivity index (χ1) is 15.0. The van der Waals surface area contributed by atoms with Crippen LogP contribution in [0.15, 0.2) is 64.5 Å². The van der Waals surface area contributed by atoms with Gasteiger partial charge in [0.05, 0.1) is 11.3 Å². The van der Waals surface area contributed by atoms with Gasteiger partial charge in [-0.1, -0.05) is 59.8 Å². The number of amides is 1. The van der Waals surface area contributed by atoms with Crippen molar-refractivity contribution in [3.8, 4) is 10.4 Å². The number of carbonyl (C=O) groups excluding carboxylic acids is 1. The van der Waals surface area contributed by atoms with E-state index in [9.17, 15) is 9.59 Å². The quantitative estimate of drug-likeness (QED) is 0.284. The average molecular weight is 470 g/mol. The summed E-state index contributed by atoms with van der Waals surface area (Å²) in [6.07, 6.45) is 0. The molecule has 2 aromatic heterocycles. The van der Waals surface area contributed by atoms with E-state index in [1.165, 1.54) is 23.1 Å². The third-order valence-electron chi connectivity index (χ3n) is 4.76. The topological polar surface area (TPSA) is 64.0 Å². The van der Waals surface area contributed by atoms with Crippen molar-refractivity contribution in [3.05, 3.63) is 75.5 Å². The second kappa shape index (κ2) is 9.26. The van der Waals surface area contributed by atoms with Crippen LogP contribution >= 0.6 is 34.7 Å². The van der Waals surface area contributed by atoms with E-state index < -0.39 is 0 Å². The van der Waals surface area contributed by atoms with Gasteiger partial charge < -0.3 is 5.32 Å². The molecule has 158 valence electrons. The van der Waals surface area contributed by atoms with Crippen LogP contribution in [0, 0.1) is 6.92 Å². The van der Waals surface area contributed by atoms with Gasteiger partial charge in [0.25, 0.3) is 5.56 Å². The lowest BCUT2D eigenvalue weighted by Gasteiger charge is -2.10. The smallest absolute Gasteiger partial charge is 0.272 e. The van der Waals surface area contributed by atoms with Gasteiger partial charge in [0.15, 0.2) is 5.16 Å². The molecule has 0 bridgehead atoms. The maximum Gasteiger partial charge on any atom is 0.272 e. The highest BCUT2D eigenvalue weighted by atomic mass is 35.5. The molecule has 0 aliphatic rings. The molecule has 0 radical (unpaired) electrons. The summed E-state index contributed by atoms with van der Waals surface area (Å²) in [4.78, 5) is 31.2. The van der Waals surface area contributed by atoms with Crippen LogP contribution in [0.5, 0.6) is 0 Å². The molecule has 31 heavy (non-hydrogen) atoms. The molecule has 1 N–H and O–H groups in total. The molecule has 1 amide bonds. The van der Waals surface area contributed by atoms with Gasteiger partial charge in [0.2, 0.25) is 5.91 Å². The van der Waals surface area contributed by atoms with E-state index in [0.29, 0.717) is 32.6 Å². The molecule has 5 nitrogen and oxygen atoms in total. The second-order valence-electron chi connectivity index (χ2n) is 6.94. The molecule has 4 rings (SSSR count). The highest BCUT2D eigenvalue weighted by Gasteiger charge is 2.16. The third kappa shape index (κ3) is 4.69. The number of nitrogens with zero attached hydrogens (tertiary/aromatic N) is 2. The Morgan fingerprint density at radius 2 is 1.97 bits per heavy atom. The summed E-state index contributed by atoms with van der Waals surface area (Å²) in [7, 11) is 0. The Bertz CT molecular complexity index is 1320. The molecule has 0 spiro atoms. The van der Waals surface area contributed by atoms with Crippen molar-refractivity contribution < 1.29 is 4.79 Å². The lowest BCUT2D eigenvalue weighted by molar-refractivity contribution is -0.113. The summed E-state index contributed by atoms with van der Waals surface area (Å²) >= 11 is 8.82. The van der Waals surface area contributed by atoms with E-state index in [-0.39, 0.29) is 17.2 Å². The summed E-state index contributed by atoms with van der Waals surface area (Å²) in [6, 6.07) is 17.3. The first-order valence-corrected chi connectivity index (χ1v) is 11.9. The van der Waals surface area contributed by atoms with Gasteiger partial charge in [0.1, 0.15) is 4.70 Å². The van der Waals surface area contributed by atoms with E-state index in [2.05, 4.69) is 5.32 Å². The van der Waals surface area contributed by atoms with E-state index in [4.69, 9.17) is 16.6 Å². The molecule has 0 saturated heterocycles. The van der Waals surface area contributed by atoms with Gasteiger partial charge in [-0.25, -0.2) is 4.98 Å². The Labute approximate surface area is 193 Å². The zero-order valence-electron chi connectivity index (χ0n) is 17.0. The molecule has 0 fully saturated rings. The Kier molecular flexibility index (Phi) is 6.46. The van der Waals surface area contributed by atoms with Crippen molar-refractivity contribution >= 4 is 56.5 Å². The van der Waals surface area contributed by atoms with Gasteiger partial charge in [-0.05, 0) is 43.2 Å². The van der Waals surface area contributed by atoms with Gasteiger partial charge in [-0.2, -0.15) is 0 Å². The summed E-state index contributed by atoms with van der Waals surface area (Å²) in [6.45, 7) is 4.29. The Hall–Kier alpha value is -2.61. The van der Waals surface area contributed by atoms with E-state index in [1.807, 2.05) is 62.4 Å².